The van der Waals surface area contributed by atoms with E-state index in [0.29, 0.717) is 78.5 Å². The quantitative estimate of drug-likeness (QED) is 0.00871. The Kier molecular flexibility index (Phi) is 36.3. The summed E-state index contributed by atoms with van der Waals surface area (Å²) in [5.41, 5.74) is 1.01. The van der Waals surface area contributed by atoms with Gasteiger partial charge in [0.05, 0.1) is 82.2 Å². The molecule has 0 atom stereocenters. The maximum absolute atomic E-state index is 13.3. The molecular formula is C84H80O30. The van der Waals surface area contributed by atoms with Gasteiger partial charge in [0.1, 0.15) is 51.6 Å². The Hall–Kier alpha value is -14.5. The van der Waals surface area contributed by atoms with Crippen molar-refractivity contribution in [1.29, 1.82) is 0 Å². The number of fused-ring (bicyclic) bond motifs is 2. The highest BCUT2D eigenvalue weighted by Crippen LogP contribution is 2.31. The van der Waals surface area contributed by atoms with Crippen LogP contribution >= 0.6 is 0 Å². The van der Waals surface area contributed by atoms with Crippen LogP contribution in [0.3, 0.4) is 0 Å². The molecule has 0 bridgehead atoms. The number of ether oxygens (including phenoxy) is 17. The van der Waals surface area contributed by atoms with Gasteiger partial charge in [0.2, 0.25) is 0 Å². The van der Waals surface area contributed by atoms with Gasteiger partial charge in [0.15, 0.2) is 0 Å². The number of aryl methyl sites for hydroxylation is 1. The predicted molar refractivity (Wildman–Crippen MR) is 406 cm³/mol. The Morgan fingerprint density at radius 2 is 0.535 bits per heavy atom. The summed E-state index contributed by atoms with van der Waals surface area (Å²) in [5.74, 6) is -4.90. The molecule has 0 aromatic heterocycles. The number of carbonyl (C=O) groups excluding carboxylic acids is 13. The van der Waals surface area contributed by atoms with E-state index in [2.05, 4.69) is 26.3 Å². The van der Waals surface area contributed by atoms with Crippen LogP contribution < -0.4 is 37.9 Å². The summed E-state index contributed by atoms with van der Waals surface area (Å²) in [6.45, 7) is 15.8. The molecule has 114 heavy (non-hydrogen) atoms. The van der Waals surface area contributed by atoms with Crippen LogP contribution in [0.25, 0.3) is 21.5 Å². The molecular weight excluding hydrogens is 1490 g/mol. The first-order chi connectivity index (χ1) is 54.5. The summed E-state index contributed by atoms with van der Waals surface area (Å²) < 4.78 is 87.0. The molecule has 0 N–H and O–H groups in total. The second-order valence-corrected chi connectivity index (χ2v) is 23.2. The second kappa shape index (κ2) is 46.8. The standard InChI is InChI=1S/C46H40O16.C37H36O14.CH4/c1-4-40(47)55-20-6-8-22-57-45(52)60-35-16-14-29-24-33(12-10-31(29)26-35)42(49)59-37-18-19-39(38(28-37)44(51)54-3)62-43(50)34-13-11-32-27-36(17-15-30(32)25-34)61-46(53)58-23-9-7-21-56-41(48)5-2;1-4-32(38)44-20-6-8-22-46-36(42)49-28-14-10-26(11-15-28)34(40)48-30-18-19-31(25(3)24-30)51-35(41)27-12-16-29(17-13-27)50-37(43)47-23-9-7-21-45-33(39)5-2;/h4-5,10-19,24-28H,1-2,6-9,20-23H2,3H3;4-5,10-19,24H,1-2,6-9,20-23H2,3H3;1H4. The third-order valence-electron chi connectivity index (χ3n) is 15.1. The van der Waals surface area contributed by atoms with Gasteiger partial charge in [-0.3, -0.25) is 0 Å². The molecule has 0 saturated carbocycles. The van der Waals surface area contributed by atoms with E-state index in [0.717, 1.165) is 31.4 Å². The number of hydrogen-bond donors (Lipinski definition) is 0. The minimum Gasteiger partial charge on any atom is -0.465 e. The van der Waals surface area contributed by atoms with Gasteiger partial charge in [-0.2, -0.15) is 0 Å². The largest absolute Gasteiger partial charge is 0.513 e. The number of benzene rings is 8. The summed E-state index contributed by atoms with van der Waals surface area (Å²) in [5, 5.41) is 2.52. The molecule has 596 valence electrons. The smallest absolute Gasteiger partial charge is 0.465 e. The third-order valence-corrected chi connectivity index (χ3v) is 15.1. The molecule has 8 rings (SSSR count). The molecule has 30 nitrogen and oxygen atoms in total. The molecule has 0 saturated heterocycles. The van der Waals surface area contributed by atoms with Crippen LogP contribution in [0.2, 0.25) is 0 Å². The molecule has 0 fully saturated rings. The Balaban J connectivity index is 0.000000359. The normalized spacial score (nSPS) is 10.2. The van der Waals surface area contributed by atoms with E-state index in [1.54, 1.807) is 55.5 Å². The summed E-state index contributed by atoms with van der Waals surface area (Å²) in [7, 11) is 1.14. The number of unbranched alkanes of at least 4 members (excludes halogenated alkanes) is 4. The molecule has 30 heteroatoms. The third kappa shape index (κ3) is 30.2. The van der Waals surface area contributed by atoms with E-state index in [9.17, 15) is 62.3 Å². The van der Waals surface area contributed by atoms with Gasteiger partial charge in [0, 0.05) is 24.3 Å². The zero-order valence-corrected chi connectivity index (χ0v) is 61.2. The topological polar surface area (TPSA) is 379 Å². The monoisotopic (exact) mass is 1570 g/mol. The first kappa shape index (κ1) is 88.5. The van der Waals surface area contributed by atoms with Gasteiger partial charge < -0.3 is 80.5 Å². The highest BCUT2D eigenvalue weighted by Gasteiger charge is 2.23. The van der Waals surface area contributed by atoms with E-state index in [4.69, 9.17) is 80.5 Å². The minimum atomic E-state index is -0.927. The van der Waals surface area contributed by atoms with Crippen molar-refractivity contribution in [3.63, 3.8) is 0 Å². The maximum Gasteiger partial charge on any atom is 0.513 e. The van der Waals surface area contributed by atoms with Crippen molar-refractivity contribution >= 4 is 99.9 Å². The maximum atomic E-state index is 13.3. The first-order valence-electron chi connectivity index (χ1n) is 34.6. The summed E-state index contributed by atoms with van der Waals surface area (Å²) >= 11 is 0. The van der Waals surface area contributed by atoms with Crippen molar-refractivity contribution in [2.75, 3.05) is 60.0 Å². The molecule has 0 aliphatic heterocycles. The number of esters is 9. The zero-order chi connectivity index (χ0) is 81.4. The fourth-order valence-electron chi connectivity index (χ4n) is 9.40. The van der Waals surface area contributed by atoms with Crippen molar-refractivity contribution < 1.29 is 143 Å². The number of hydrogen-bond acceptors (Lipinski definition) is 30. The molecule has 0 unspecified atom stereocenters. The van der Waals surface area contributed by atoms with Crippen LogP contribution in [0.5, 0.6) is 46.0 Å². The summed E-state index contributed by atoms with van der Waals surface area (Å²) in [6.07, 6.45) is 4.36. The average Bonchev–Trinajstić information content (AvgIpc) is 0.817. The van der Waals surface area contributed by atoms with Gasteiger partial charge in [-0.05, 0) is 219 Å². The lowest BCUT2D eigenvalue weighted by atomic mass is 10.1. The molecule has 0 radical (unpaired) electrons. The number of rotatable bonds is 37. The van der Waals surface area contributed by atoms with Crippen molar-refractivity contribution in [1.82, 2.24) is 0 Å². The van der Waals surface area contributed by atoms with Crippen LogP contribution in [0.4, 0.5) is 19.2 Å². The minimum absolute atomic E-state index is 0. The lowest BCUT2D eigenvalue weighted by Gasteiger charge is -2.12. The van der Waals surface area contributed by atoms with E-state index < -0.39 is 78.3 Å². The molecule has 0 aliphatic rings. The average molecular weight is 1570 g/mol. The number of carbonyl (C=O) groups is 13. The van der Waals surface area contributed by atoms with Crippen molar-refractivity contribution in [3.8, 4) is 46.0 Å². The Bertz CT molecular complexity index is 4790. The highest BCUT2D eigenvalue weighted by molar-refractivity contribution is 6.01. The van der Waals surface area contributed by atoms with Crippen molar-refractivity contribution in [2.24, 2.45) is 0 Å². The van der Waals surface area contributed by atoms with Crippen molar-refractivity contribution in [2.45, 2.75) is 65.7 Å². The van der Waals surface area contributed by atoms with Crippen molar-refractivity contribution in [3.05, 3.63) is 242 Å². The zero-order valence-electron chi connectivity index (χ0n) is 61.2. The molecule has 8 aromatic carbocycles. The van der Waals surface area contributed by atoms with Crippen LogP contribution in [0.15, 0.2) is 208 Å². The SMILES string of the molecule is C.C=CC(=O)OCCCCOC(=O)Oc1ccc(C(=O)Oc2ccc(OC(=O)c3ccc(OC(=O)OCCCCOC(=O)C=C)cc3)c(C)c2)cc1.C=CC(=O)OCCCCOC(=O)Oc1ccc2cc(C(=O)Oc3ccc(OC(=O)c4ccc5cc(OC(=O)OCCCCOC(=O)C=C)ccc5c4)c(C(=O)OC)c3)ccc2c1. The van der Waals surface area contributed by atoms with Gasteiger partial charge in [-0.1, -0.05) is 58.0 Å². The van der Waals surface area contributed by atoms with Crippen LogP contribution in [0.1, 0.15) is 116 Å². The van der Waals surface area contributed by atoms with E-state index in [-0.39, 0.29) is 134 Å². The second-order valence-electron chi connectivity index (χ2n) is 23.2. The van der Waals surface area contributed by atoms with Gasteiger partial charge >= 0.3 is 78.3 Å². The van der Waals surface area contributed by atoms with Gasteiger partial charge in [-0.25, -0.2) is 62.3 Å². The van der Waals surface area contributed by atoms with Crippen LogP contribution in [-0.4, -0.2) is 138 Å². The molecule has 0 spiro atoms. The Morgan fingerprint density at radius 1 is 0.272 bits per heavy atom. The van der Waals surface area contributed by atoms with Crippen LogP contribution in [0, 0.1) is 6.92 Å². The predicted octanol–water partition coefficient (Wildman–Crippen LogP) is 15.4. The fourth-order valence-corrected chi connectivity index (χ4v) is 9.40. The van der Waals surface area contributed by atoms with Gasteiger partial charge in [0.25, 0.3) is 0 Å². The summed E-state index contributed by atoms with van der Waals surface area (Å²) in [6, 6.07) is 38.5. The van der Waals surface area contributed by atoms with E-state index >= 15 is 0 Å². The summed E-state index contributed by atoms with van der Waals surface area (Å²) in [4.78, 5) is 157. The molecule has 0 amide bonds. The lowest BCUT2D eigenvalue weighted by molar-refractivity contribution is -0.138. The molecule has 8 aromatic rings. The number of methoxy groups -OCH3 is 1. The lowest BCUT2D eigenvalue weighted by Crippen LogP contribution is -2.14. The Labute approximate surface area is 653 Å². The highest BCUT2D eigenvalue weighted by atomic mass is 16.7. The van der Waals surface area contributed by atoms with E-state index in [1.807, 2.05) is 0 Å². The van der Waals surface area contributed by atoms with Crippen LogP contribution in [-0.2, 0) is 61.8 Å². The Morgan fingerprint density at radius 3 is 0.895 bits per heavy atom. The van der Waals surface area contributed by atoms with E-state index in [1.165, 1.54) is 109 Å². The van der Waals surface area contributed by atoms with Gasteiger partial charge in [-0.15, -0.1) is 0 Å². The molecule has 0 heterocycles. The first-order valence-corrected chi connectivity index (χ1v) is 34.6. The molecule has 0 aliphatic carbocycles. The fraction of sp³-hybridized carbons (Fsp3) is 0.226.